The van der Waals surface area contributed by atoms with Gasteiger partial charge in [0.1, 0.15) is 0 Å². The Morgan fingerprint density at radius 1 is 1.27 bits per heavy atom. The molecule has 11 heavy (non-hydrogen) atoms. The van der Waals surface area contributed by atoms with Crippen LogP contribution in [0.2, 0.25) is 0 Å². The smallest absolute Gasteiger partial charge is 0.0343 e. The Morgan fingerprint density at radius 3 is 2.55 bits per heavy atom. The second-order valence-corrected chi connectivity index (χ2v) is 3.15. The first-order chi connectivity index (χ1) is 5.11. The van der Waals surface area contributed by atoms with Crippen molar-refractivity contribution < 1.29 is 0 Å². The van der Waals surface area contributed by atoms with Gasteiger partial charge >= 0.3 is 0 Å². The van der Waals surface area contributed by atoms with Gasteiger partial charge in [-0.1, -0.05) is 11.6 Å². The third-order valence-electron chi connectivity index (χ3n) is 2.21. The number of hydrogen-bond acceptors (Lipinski definition) is 1. The third kappa shape index (κ3) is 1.73. The first-order valence-electron chi connectivity index (χ1n) is 3.92. The molecule has 1 rings (SSSR count). The van der Waals surface area contributed by atoms with E-state index in [1.54, 1.807) is 0 Å². The molecule has 0 aromatic heterocycles. The Bertz CT molecular complexity index is 254. The maximum atomic E-state index is 5.79. The zero-order valence-electron chi connectivity index (χ0n) is 7.44. The molecular weight excluding hydrogens is 134 g/mol. The zero-order chi connectivity index (χ0) is 8.43. The van der Waals surface area contributed by atoms with Crippen LogP contribution in [-0.2, 0) is 0 Å². The highest BCUT2D eigenvalue weighted by atomic mass is 14.6. The second-order valence-electron chi connectivity index (χ2n) is 3.15. The molecule has 1 aliphatic carbocycles. The minimum atomic E-state index is 0.902. The number of rotatable bonds is 0. The van der Waals surface area contributed by atoms with Crippen LogP contribution in [0.25, 0.3) is 0 Å². The van der Waals surface area contributed by atoms with E-state index in [1.807, 2.05) is 6.08 Å². The first kappa shape index (κ1) is 8.12. The van der Waals surface area contributed by atoms with Crippen LogP contribution >= 0.6 is 0 Å². The van der Waals surface area contributed by atoms with E-state index < -0.39 is 0 Å². The van der Waals surface area contributed by atoms with Crippen molar-refractivity contribution in [3.8, 4) is 0 Å². The molecule has 0 bridgehead atoms. The second kappa shape index (κ2) is 2.95. The summed E-state index contributed by atoms with van der Waals surface area (Å²) >= 11 is 0. The van der Waals surface area contributed by atoms with Gasteiger partial charge in [-0.25, -0.2) is 0 Å². The van der Waals surface area contributed by atoms with E-state index in [0.717, 1.165) is 12.1 Å². The number of allylic oxidation sites excluding steroid dienone is 5. The van der Waals surface area contributed by atoms with Crippen LogP contribution in [-0.4, -0.2) is 0 Å². The Labute approximate surface area is 68.3 Å². The summed E-state index contributed by atoms with van der Waals surface area (Å²) in [5.74, 6) is 0. The predicted molar refractivity (Wildman–Crippen MR) is 49.0 cm³/mol. The van der Waals surface area contributed by atoms with E-state index in [0.29, 0.717) is 0 Å². The summed E-state index contributed by atoms with van der Waals surface area (Å²) in [4.78, 5) is 0. The van der Waals surface area contributed by atoms with Gasteiger partial charge in [0.2, 0.25) is 0 Å². The maximum Gasteiger partial charge on any atom is 0.0343 e. The van der Waals surface area contributed by atoms with Crippen molar-refractivity contribution in [2.45, 2.75) is 27.2 Å². The molecule has 0 saturated carbocycles. The summed E-state index contributed by atoms with van der Waals surface area (Å²) in [5, 5.41) is 0. The summed E-state index contributed by atoms with van der Waals surface area (Å²) in [7, 11) is 0. The Hall–Kier alpha value is -0.980. The Kier molecular flexibility index (Phi) is 2.18. The lowest BCUT2D eigenvalue weighted by atomic mass is 10.1. The molecule has 60 valence electrons. The highest BCUT2D eigenvalue weighted by molar-refractivity contribution is 5.39. The van der Waals surface area contributed by atoms with Gasteiger partial charge in [0.15, 0.2) is 0 Å². The van der Waals surface area contributed by atoms with Crippen molar-refractivity contribution >= 4 is 0 Å². The van der Waals surface area contributed by atoms with Crippen molar-refractivity contribution in [2.75, 3.05) is 0 Å². The quantitative estimate of drug-likeness (QED) is 0.562. The van der Waals surface area contributed by atoms with Crippen LogP contribution in [0.4, 0.5) is 0 Å². The van der Waals surface area contributed by atoms with Crippen molar-refractivity contribution in [2.24, 2.45) is 5.73 Å². The lowest BCUT2D eigenvalue weighted by Crippen LogP contribution is -1.97. The topological polar surface area (TPSA) is 26.0 Å². The summed E-state index contributed by atoms with van der Waals surface area (Å²) in [6.45, 7) is 6.31. The summed E-state index contributed by atoms with van der Waals surface area (Å²) in [5.41, 5.74) is 10.6. The molecule has 1 aliphatic rings. The molecule has 2 N–H and O–H groups in total. The fraction of sp³-hybridized carbons (Fsp3) is 0.400. The third-order valence-corrected chi connectivity index (χ3v) is 2.21. The van der Waals surface area contributed by atoms with Crippen LogP contribution in [0.3, 0.4) is 0 Å². The molecule has 0 fully saturated rings. The van der Waals surface area contributed by atoms with Crippen LogP contribution in [0.15, 0.2) is 34.6 Å². The van der Waals surface area contributed by atoms with Gasteiger partial charge in [0.05, 0.1) is 0 Å². The van der Waals surface area contributed by atoms with Gasteiger partial charge in [-0.2, -0.15) is 0 Å². The van der Waals surface area contributed by atoms with Crippen molar-refractivity contribution in [1.82, 2.24) is 0 Å². The van der Waals surface area contributed by atoms with Gasteiger partial charge in [-0.05, 0) is 44.4 Å². The van der Waals surface area contributed by atoms with E-state index in [9.17, 15) is 0 Å². The van der Waals surface area contributed by atoms with E-state index >= 15 is 0 Å². The van der Waals surface area contributed by atoms with Gasteiger partial charge in [-0.15, -0.1) is 0 Å². The molecule has 0 atom stereocenters. The van der Waals surface area contributed by atoms with E-state index in [2.05, 4.69) is 26.8 Å². The van der Waals surface area contributed by atoms with Crippen LogP contribution in [0.1, 0.15) is 27.2 Å². The average molecular weight is 149 g/mol. The van der Waals surface area contributed by atoms with Gasteiger partial charge in [0, 0.05) is 5.70 Å². The molecular formula is C10H15N. The van der Waals surface area contributed by atoms with Crippen LogP contribution in [0, 0.1) is 0 Å². The van der Waals surface area contributed by atoms with E-state index in [1.165, 1.54) is 16.7 Å². The van der Waals surface area contributed by atoms with E-state index in [4.69, 9.17) is 5.73 Å². The largest absolute Gasteiger partial charge is 0.399 e. The molecule has 1 heteroatoms. The van der Waals surface area contributed by atoms with Gasteiger partial charge < -0.3 is 5.73 Å². The van der Waals surface area contributed by atoms with Crippen molar-refractivity contribution in [1.29, 1.82) is 0 Å². The molecule has 0 heterocycles. The number of nitrogens with two attached hydrogens (primary N) is 1. The zero-order valence-corrected chi connectivity index (χ0v) is 7.44. The Morgan fingerprint density at radius 2 is 1.91 bits per heavy atom. The molecule has 0 aromatic carbocycles. The SMILES string of the molecule is CC1=CCC(C)=C(C)C=C1N. The molecule has 0 unspecified atom stereocenters. The fourth-order valence-corrected chi connectivity index (χ4v) is 1.06. The molecule has 0 saturated heterocycles. The molecule has 0 amide bonds. The molecule has 1 nitrogen and oxygen atoms in total. The van der Waals surface area contributed by atoms with Crippen molar-refractivity contribution in [3.63, 3.8) is 0 Å². The lowest BCUT2D eigenvalue weighted by molar-refractivity contribution is 1.16. The standard InChI is InChI=1S/C10H15N/c1-7-4-5-8(2)10(11)6-9(7)3/h5-6H,4,11H2,1-3H3. The normalized spacial score (nSPS) is 19.2. The average Bonchev–Trinajstić information content (AvgIpc) is 2.05. The van der Waals surface area contributed by atoms with Crippen LogP contribution < -0.4 is 5.73 Å². The summed E-state index contributed by atoms with van der Waals surface area (Å²) in [6, 6.07) is 0. The minimum Gasteiger partial charge on any atom is -0.399 e. The first-order valence-corrected chi connectivity index (χ1v) is 3.92. The lowest BCUT2D eigenvalue weighted by Gasteiger charge is -1.97. The molecule has 0 aliphatic heterocycles. The summed E-state index contributed by atoms with van der Waals surface area (Å²) < 4.78 is 0. The highest BCUT2D eigenvalue weighted by Crippen LogP contribution is 2.18. The minimum absolute atomic E-state index is 0.902. The van der Waals surface area contributed by atoms with E-state index in [-0.39, 0.29) is 0 Å². The molecule has 0 spiro atoms. The van der Waals surface area contributed by atoms with Gasteiger partial charge in [-0.3, -0.25) is 0 Å². The number of hydrogen-bond donors (Lipinski definition) is 1. The summed E-state index contributed by atoms with van der Waals surface area (Å²) in [6.07, 6.45) is 5.26. The predicted octanol–water partition coefficient (Wildman–Crippen LogP) is 2.52. The molecule has 0 radical (unpaired) electrons. The highest BCUT2D eigenvalue weighted by Gasteiger charge is 2.01. The Balaban J connectivity index is 3.04. The maximum absolute atomic E-state index is 5.79. The monoisotopic (exact) mass is 149 g/mol. The van der Waals surface area contributed by atoms with Crippen molar-refractivity contribution in [3.05, 3.63) is 34.6 Å². The van der Waals surface area contributed by atoms with Gasteiger partial charge in [0.25, 0.3) is 0 Å². The molecule has 0 aromatic rings. The van der Waals surface area contributed by atoms with Crippen LogP contribution in [0.5, 0.6) is 0 Å². The fourth-order valence-electron chi connectivity index (χ4n) is 1.06.